The fraction of sp³-hybridized carbons (Fsp3) is 0.231. The van der Waals surface area contributed by atoms with Gasteiger partial charge in [0.05, 0.1) is 17.2 Å². The van der Waals surface area contributed by atoms with Crippen LogP contribution in [-0.4, -0.2) is 14.5 Å². The van der Waals surface area contributed by atoms with Gasteiger partial charge >= 0.3 is 0 Å². The molecular formula is C13H12ClN3OS. The molecule has 0 saturated carbocycles. The minimum Gasteiger partial charge on any atom is -0.444 e. The van der Waals surface area contributed by atoms with Crippen molar-refractivity contribution in [2.45, 2.75) is 19.9 Å². The van der Waals surface area contributed by atoms with Crippen molar-refractivity contribution >= 4 is 34.9 Å². The SMILES string of the molecule is Cc1cnc(C(C)n2c(=S)[nH]c3ccc(Cl)cc32)o1. The maximum atomic E-state index is 6.05. The summed E-state index contributed by atoms with van der Waals surface area (Å²) >= 11 is 11.4. The number of hydrogen-bond acceptors (Lipinski definition) is 3. The number of imidazole rings is 1. The van der Waals surface area contributed by atoms with Gasteiger partial charge in [0.2, 0.25) is 5.89 Å². The van der Waals surface area contributed by atoms with E-state index in [2.05, 4.69) is 9.97 Å². The maximum Gasteiger partial charge on any atom is 0.217 e. The van der Waals surface area contributed by atoms with Crippen molar-refractivity contribution in [1.29, 1.82) is 0 Å². The molecule has 3 rings (SSSR count). The normalized spacial score (nSPS) is 13.0. The summed E-state index contributed by atoms with van der Waals surface area (Å²) in [4.78, 5) is 7.42. The number of nitrogens with one attached hydrogen (secondary N) is 1. The number of halogens is 1. The van der Waals surface area contributed by atoms with E-state index >= 15 is 0 Å². The fourth-order valence-corrected chi connectivity index (χ4v) is 2.69. The predicted octanol–water partition coefficient (Wildman–Crippen LogP) is 4.26. The van der Waals surface area contributed by atoms with Crippen LogP contribution in [-0.2, 0) is 0 Å². The lowest BCUT2D eigenvalue weighted by Crippen LogP contribution is -2.07. The van der Waals surface area contributed by atoms with Crippen LogP contribution in [0.2, 0.25) is 5.02 Å². The minimum atomic E-state index is -0.0894. The number of oxazole rings is 1. The summed E-state index contributed by atoms with van der Waals surface area (Å²) in [5, 5.41) is 0.672. The number of H-pyrrole nitrogens is 1. The van der Waals surface area contributed by atoms with Crippen LogP contribution in [0.5, 0.6) is 0 Å². The van der Waals surface area contributed by atoms with E-state index < -0.39 is 0 Å². The van der Waals surface area contributed by atoms with Gasteiger partial charge in [-0.15, -0.1) is 0 Å². The van der Waals surface area contributed by atoms with Gasteiger partial charge in [-0.1, -0.05) is 11.6 Å². The van der Waals surface area contributed by atoms with Gasteiger partial charge in [-0.2, -0.15) is 0 Å². The highest BCUT2D eigenvalue weighted by Gasteiger charge is 2.17. The summed E-state index contributed by atoms with van der Waals surface area (Å²) in [5.74, 6) is 1.42. The summed E-state index contributed by atoms with van der Waals surface area (Å²) in [7, 11) is 0. The number of nitrogens with zero attached hydrogens (tertiary/aromatic N) is 2. The summed E-state index contributed by atoms with van der Waals surface area (Å²) in [6.07, 6.45) is 1.71. The number of aromatic amines is 1. The molecule has 0 aliphatic heterocycles. The number of aryl methyl sites for hydroxylation is 1. The molecule has 1 unspecified atom stereocenters. The summed E-state index contributed by atoms with van der Waals surface area (Å²) in [6.45, 7) is 3.86. The van der Waals surface area contributed by atoms with Crippen LogP contribution in [0.4, 0.5) is 0 Å². The molecule has 0 amide bonds. The second kappa shape index (κ2) is 4.51. The van der Waals surface area contributed by atoms with Crippen LogP contribution < -0.4 is 0 Å². The van der Waals surface area contributed by atoms with Gasteiger partial charge in [0.25, 0.3) is 0 Å². The molecule has 98 valence electrons. The van der Waals surface area contributed by atoms with E-state index in [9.17, 15) is 0 Å². The Balaban J connectivity index is 2.21. The van der Waals surface area contributed by atoms with Crippen LogP contribution in [0.3, 0.4) is 0 Å². The molecule has 1 atom stereocenters. The van der Waals surface area contributed by atoms with E-state index in [-0.39, 0.29) is 6.04 Å². The number of benzene rings is 1. The van der Waals surface area contributed by atoms with Gasteiger partial charge in [0, 0.05) is 5.02 Å². The molecule has 4 nitrogen and oxygen atoms in total. The van der Waals surface area contributed by atoms with Crippen LogP contribution in [0.25, 0.3) is 11.0 Å². The Morgan fingerprint density at radius 3 is 2.95 bits per heavy atom. The third kappa shape index (κ3) is 2.09. The predicted molar refractivity (Wildman–Crippen MR) is 77.2 cm³/mol. The molecule has 1 aromatic carbocycles. The van der Waals surface area contributed by atoms with E-state index in [0.717, 1.165) is 16.8 Å². The smallest absolute Gasteiger partial charge is 0.217 e. The van der Waals surface area contributed by atoms with Crippen molar-refractivity contribution in [3.8, 4) is 0 Å². The first-order valence-electron chi connectivity index (χ1n) is 5.88. The number of rotatable bonds is 2. The molecule has 0 aliphatic rings. The minimum absolute atomic E-state index is 0.0894. The first-order chi connectivity index (χ1) is 9.06. The molecule has 0 radical (unpaired) electrons. The van der Waals surface area contributed by atoms with E-state index in [1.54, 1.807) is 6.20 Å². The number of fused-ring (bicyclic) bond motifs is 1. The zero-order valence-corrected chi connectivity index (χ0v) is 12.0. The van der Waals surface area contributed by atoms with Crippen LogP contribution in [0.15, 0.2) is 28.8 Å². The Kier molecular flexibility index (Phi) is 2.95. The Morgan fingerprint density at radius 1 is 1.47 bits per heavy atom. The van der Waals surface area contributed by atoms with Crippen molar-refractivity contribution in [1.82, 2.24) is 14.5 Å². The van der Waals surface area contributed by atoms with Gasteiger partial charge in [-0.3, -0.25) is 0 Å². The van der Waals surface area contributed by atoms with Crippen molar-refractivity contribution in [2.75, 3.05) is 0 Å². The summed E-state index contributed by atoms with van der Waals surface area (Å²) in [5.41, 5.74) is 1.89. The highest BCUT2D eigenvalue weighted by Crippen LogP contribution is 2.26. The number of aromatic nitrogens is 3. The second-order valence-corrected chi connectivity index (χ2v) is 5.27. The Hall–Kier alpha value is -1.59. The average molecular weight is 294 g/mol. The topological polar surface area (TPSA) is 46.8 Å². The third-order valence-corrected chi connectivity index (χ3v) is 3.60. The van der Waals surface area contributed by atoms with E-state index in [1.807, 2.05) is 36.6 Å². The van der Waals surface area contributed by atoms with Gasteiger partial charge in [-0.05, 0) is 44.3 Å². The first-order valence-corrected chi connectivity index (χ1v) is 6.67. The number of hydrogen-bond donors (Lipinski definition) is 1. The third-order valence-electron chi connectivity index (χ3n) is 3.06. The van der Waals surface area contributed by atoms with E-state index in [0.29, 0.717) is 15.7 Å². The Morgan fingerprint density at radius 2 is 2.26 bits per heavy atom. The molecule has 0 spiro atoms. The largest absolute Gasteiger partial charge is 0.444 e. The van der Waals surface area contributed by atoms with E-state index in [4.69, 9.17) is 28.2 Å². The summed E-state index contributed by atoms with van der Waals surface area (Å²) in [6, 6.07) is 5.54. The van der Waals surface area contributed by atoms with Gasteiger partial charge < -0.3 is 14.0 Å². The quantitative estimate of drug-likeness (QED) is 0.718. The fourth-order valence-electron chi connectivity index (χ4n) is 2.15. The Bertz CT molecular complexity index is 802. The van der Waals surface area contributed by atoms with Gasteiger partial charge in [0.15, 0.2) is 4.77 Å². The van der Waals surface area contributed by atoms with Crippen molar-refractivity contribution in [3.05, 3.63) is 45.8 Å². The molecule has 0 bridgehead atoms. The van der Waals surface area contributed by atoms with Crippen molar-refractivity contribution < 1.29 is 4.42 Å². The lowest BCUT2D eigenvalue weighted by Gasteiger charge is -2.10. The molecule has 6 heteroatoms. The second-order valence-electron chi connectivity index (χ2n) is 4.45. The highest BCUT2D eigenvalue weighted by molar-refractivity contribution is 7.71. The van der Waals surface area contributed by atoms with Crippen molar-refractivity contribution in [2.24, 2.45) is 0 Å². The first kappa shape index (κ1) is 12.4. The lowest BCUT2D eigenvalue weighted by atomic mass is 10.3. The van der Waals surface area contributed by atoms with Crippen LogP contribution >= 0.6 is 23.8 Å². The van der Waals surface area contributed by atoms with Crippen LogP contribution in [0.1, 0.15) is 24.6 Å². The molecule has 1 N–H and O–H groups in total. The molecule has 2 aromatic heterocycles. The molecule has 19 heavy (non-hydrogen) atoms. The van der Waals surface area contributed by atoms with Gasteiger partial charge in [-0.25, -0.2) is 4.98 Å². The highest BCUT2D eigenvalue weighted by atomic mass is 35.5. The Labute approximate surface area is 120 Å². The molecule has 3 aromatic rings. The molecular weight excluding hydrogens is 282 g/mol. The van der Waals surface area contributed by atoms with E-state index in [1.165, 1.54) is 0 Å². The average Bonchev–Trinajstić information content (AvgIpc) is 2.91. The zero-order valence-electron chi connectivity index (χ0n) is 10.5. The lowest BCUT2D eigenvalue weighted by molar-refractivity contribution is 0.417. The standard InChI is InChI=1S/C13H12ClN3OS/c1-7-6-15-12(18-7)8(2)17-11-5-9(14)3-4-10(11)16-13(17)19/h3-6,8H,1-2H3,(H,16,19). The molecule has 0 aliphatic carbocycles. The zero-order chi connectivity index (χ0) is 13.6. The maximum absolute atomic E-state index is 6.05. The molecule has 0 fully saturated rings. The monoisotopic (exact) mass is 293 g/mol. The van der Waals surface area contributed by atoms with Gasteiger partial charge in [0.1, 0.15) is 11.8 Å². The molecule has 0 saturated heterocycles. The van der Waals surface area contributed by atoms with Crippen LogP contribution in [0, 0.1) is 11.7 Å². The molecule has 2 heterocycles. The van der Waals surface area contributed by atoms with Crippen molar-refractivity contribution in [3.63, 3.8) is 0 Å². The summed E-state index contributed by atoms with van der Waals surface area (Å²) < 4.78 is 8.16.